The minimum absolute atomic E-state index is 0.104. The Morgan fingerprint density at radius 3 is 2.81 bits per heavy atom. The molecule has 1 aliphatic heterocycles. The molecule has 4 heteroatoms. The average molecular weight is 348 g/mol. The van der Waals surface area contributed by atoms with Crippen LogP contribution in [-0.4, -0.2) is 29.1 Å². The molecule has 1 aliphatic rings. The third-order valence-corrected chi connectivity index (χ3v) is 4.61. The first-order valence-electron chi connectivity index (χ1n) is 9.20. The maximum atomic E-state index is 6.13. The van der Waals surface area contributed by atoms with Gasteiger partial charge in [-0.2, -0.15) is 0 Å². The fourth-order valence-electron chi connectivity index (χ4n) is 3.51. The second-order valence-corrected chi connectivity index (χ2v) is 6.82. The summed E-state index contributed by atoms with van der Waals surface area (Å²) in [7, 11) is 0. The van der Waals surface area contributed by atoms with Crippen molar-refractivity contribution in [3.63, 3.8) is 0 Å². The highest BCUT2D eigenvalue weighted by atomic mass is 16.5. The van der Waals surface area contributed by atoms with Crippen LogP contribution in [0.3, 0.4) is 0 Å². The van der Waals surface area contributed by atoms with Gasteiger partial charge >= 0.3 is 0 Å². The van der Waals surface area contributed by atoms with Gasteiger partial charge in [0, 0.05) is 30.6 Å². The maximum absolute atomic E-state index is 6.13. The van der Waals surface area contributed by atoms with Gasteiger partial charge in [-0.15, -0.1) is 0 Å². The SMILES string of the molecule is CCOc1ccc2nc3c(cc2c1)CN(Cc1ccccc1)C[C@H](C)O3. The van der Waals surface area contributed by atoms with E-state index in [2.05, 4.69) is 54.3 Å². The number of aromatic nitrogens is 1. The Balaban J connectivity index is 1.66. The first-order chi connectivity index (χ1) is 12.7. The van der Waals surface area contributed by atoms with Gasteiger partial charge in [0.1, 0.15) is 11.9 Å². The van der Waals surface area contributed by atoms with Crippen LogP contribution < -0.4 is 9.47 Å². The zero-order valence-corrected chi connectivity index (χ0v) is 15.3. The van der Waals surface area contributed by atoms with Crippen molar-refractivity contribution in [3.05, 3.63) is 65.7 Å². The Labute approximate surface area is 154 Å². The molecule has 0 unspecified atom stereocenters. The summed E-state index contributed by atoms with van der Waals surface area (Å²) in [6, 6.07) is 18.8. The Hall–Kier alpha value is -2.59. The third kappa shape index (κ3) is 3.65. The topological polar surface area (TPSA) is 34.6 Å². The molecule has 1 atom stereocenters. The van der Waals surface area contributed by atoms with Crippen molar-refractivity contribution in [1.29, 1.82) is 0 Å². The molecule has 0 amide bonds. The van der Waals surface area contributed by atoms with Crippen LogP contribution in [0, 0.1) is 0 Å². The van der Waals surface area contributed by atoms with E-state index in [0.717, 1.165) is 47.7 Å². The van der Waals surface area contributed by atoms with Crippen molar-refractivity contribution in [3.8, 4) is 11.6 Å². The fraction of sp³-hybridized carbons (Fsp3) is 0.318. The molecule has 0 saturated heterocycles. The van der Waals surface area contributed by atoms with E-state index in [4.69, 9.17) is 14.5 Å². The molecule has 0 radical (unpaired) electrons. The minimum Gasteiger partial charge on any atom is -0.494 e. The highest BCUT2D eigenvalue weighted by Gasteiger charge is 2.22. The van der Waals surface area contributed by atoms with Crippen molar-refractivity contribution in [2.45, 2.75) is 33.0 Å². The Kier molecular flexibility index (Phi) is 4.76. The normalized spacial score (nSPS) is 17.4. The summed E-state index contributed by atoms with van der Waals surface area (Å²) in [6.45, 7) is 7.38. The predicted octanol–water partition coefficient (Wildman–Crippen LogP) is 4.42. The maximum Gasteiger partial charge on any atom is 0.218 e. The van der Waals surface area contributed by atoms with Gasteiger partial charge in [-0.1, -0.05) is 30.3 Å². The lowest BCUT2D eigenvalue weighted by molar-refractivity contribution is 0.153. The van der Waals surface area contributed by atoms with E-state index in [1.54, 1.807) is 0 Å². The lowest BCUT2D eigenvalue weighted by Gasteiger charge is -2.21. The van der Waals surface area contributed by atoms with E-state index in [1.165, 1.54) is 5.56 Å². The van der Waals surface area contributed by atoms with E-state index in [0.29, 0.717) is 6.61 Å². The standard InChI is InChI=1S/C22H24N2O2/c1-3-25-20-9-10-21-18(12-20)11-19-15-24(13-16(2)26-22(19)23-21)14-17-7-5-4-6-8-17/h4-12,16H,3,13-15H2,1-2H3/t16-/m0/s1. The number of pyridine rings is 1. The van der Waals surface area contributed by atoms with Crippen molar-refractivity contribution >= 4 is 10.9 Å². The van der Waals surface area contributed by atoms with E-state index in [1.807, 2.05) is 19.1 Å². The second-order valence-electron chi connectivity index (χ2n) is 6.82. The van der Waals surface area contributed by atoms with Crippen molar-refractivity contribution in [2.24, 2.45) is 0 Å². The molecule has 26 heavy (non-hydrogen) atoms. The number of hydrogen-bond donors (Lipinski definition) is 0. The molecule has 4 rings (SSSR count). The van der Waals surface area contributed by atoms with Gasteiger partial charge < -0.3 is 9.47 Å². The second kappa shape index (κ2) is 7.34. The Morgan fingerprint density at radius 1 is 1.15 bits per heavy atom. The molecule has 4 nitrogen and oxygen atoms in total. The van der Waals surface area contributed by atoms with Crippen LogP contribution in [-0.2, 0) is 13.1 Å². The van der Waals surface area contributed by atoms with Crippen LogP contribution in [0.4, 0.5) is 0 Å². The van der Waals surface area contributed by atoms with Crippen LogP contribution >= 0.6 is 0 Å². The van der Waals surface area contributed by atoms with Crippen molar-refractivity contribution in [2.75, 3.05) is 13.2 Å². The highest BCUT2D eigenvalue weighted by Crippen LogP contribution is 2.29. The van der Waals surface area contributed by atoms with Gasteiger partial charge in [0.05, 0.1) is 12.1 Å². The molecule has 0 fully saturated rings. The lowest BCUT2D eigenvalue weighted by Crippen LogP contribution is -2.30. The molecule has 2 heterocycles. The summed E-state index contributed by atoms with van der Waals surface area (Å²) >= 11 is 0. The van der Waals surface area contributed by atoms with Gasteiger partial charge in [-0.3, -0.25) is 4.90 Å². The smallest absolute Gasteiger partial charge is 0.218 e. The zero-order chi connectivity index (χ0) is 17.9. The van der Waals surface area contributed by atoms with E-state index in [-0.39, 0.29) is 6.10 Å². The quantitative estimate of drug-likeness (QED) is 0.699. The molecule has 0 bridgehead atoms. The fourth-order valence-corrected chi connectivity index (χ4v) is 3.51. The molecule has 0 saturated carbocycles. The van der Waals surface area contributed by atoms with Crippen LogP contribution in [0.5, 0.6) is 11.6 Å². The minimum atomic E-state index is 0.104. The summed E-state index contributed by atoms with van der Waals surface area (Å²) in [4.78, 5) is 7.19. The molecule has 2 aromatic carbocycles. The molecule has 1 aromatic heterocycles. The zero-order valence-electron chi connectivity index (χ0n) is 15.3. The molecule has 0 N–H and O–H groups in total. The summed E-state index contributed by atoms with van der Waals surface area (Å²) < 4.78 is 11.8. The number of hydrogen-bond acceptors (Lipinski definition) is 4. The summed E-state index contributed by atoms with van der Waals surface area (Å²) in [6.07, 6.45) is 0.104. The molecular weight excluding hydrogens is 324 g/mol. The van der Waals surface area contributed by atoms with Gasteiger partial charge in [0.2, 0.25) is 5.88 Å². The molecule has 3 aromatic rings. The number of fused-ring (bicyclic) bond motifs is 2. The van der Waals surface area contributed by atoms with Gasteiger partial charge in [0.25, 0.3) is 0 Å². The van der Waals surface area contributed by atoms with Crippen molar-refractivity contribution < 1.29 is 9.47 Å². The number of ether oxygens (including phenoxy) is 2. The van der Waals surface area contributed by atoms with Crippen molar-refractivity contribution in [1.82, 2.24) is 9.88 Å². The summed E-state index contributed by atoms with van der Waals surface area (Å²) in [5.74, 6) is 1.63. The largest absolute Gasteiger partial charge is 0.494 e. The van der Waals surface area contributed by atoms with E-state index < -0.39 is 0 Å². The Morgan fingerprint density at radius 2 is 2.00 bits per heavy atom. The third-order valence-electron chi connectivity index (χ3n) is 4.61. The van der Waals surface area contributed by atoms with Gasteiger partial charge in [0.15, 0.2) is 0 Å². The lowest BCUT2D eigenvalue weighted by atomic mass is 10.1. The summed E-state index contributed by atoms with van der Waals surface area (Å²) in [5, 5.41) is 1.09. The van der Waals surface area contributed by atoms with Crippen LogP contribution in [0.25, 0.3) is 10.9 Å². The summed E-state index contributed by atoms with van der Waals surface area (Å²) in [5.41, 5.74) is 3.39. The molecule has 0 aliphatic carbocycles. The van der Waals surface area contributed by atoms with Crippen LogP contribution in [0.1, 0.15) is 25.0 Å². The average Bonchev–Trinajstić information content (AvgIpc) is 2.78. The van der Waals surface area contributed by atoms with Gasteiger partial charge in [-0.05, 0) is 43.7 Å². The van der Waals surface area contributed by atoms with E-state index >= 15 is 0 Å². The number of benzene rings is 2. The highest BCUT2D eigenvalue weighted by molar-refractivity contribution is 5.81. The first-order valence-corrected chi connectivity index (χ1v) is 9.20. The predicted molar refractivity (Wildman–Crippen MR) is 104 cm³/mol. The van der Waals surface area contributed by atoms with E-state index in [9.17, 15) is 0 Å². The van der Waals surface area contributed by atoms with Crippen LogP contribution in [0.15, 0.2) is 54.6 Å². The first kappa shape index (κ1) is 16.9. The molecule has 134 valence electrons. The molecule has 0 spiro atoms. The van der Waals surface area contributed by atoms with Gasteiger partial charge in [-0.25, -0.2) is 4.98 Å². The number of nitrogens with zero attached hydrogens (tertiary/aromatic N) is 2. The monoisotopic (exact) mass is 348 g/mol. The van der Waals surface area contributed by atoms with Crippen LogP contribution in [0.2, 0.25) is 0 Å². The number of rotatable bonds is 4. The molecular formula is C22H24N2O2. The Bertz CT molecular complexity index is 895.